The first kappa shape index (κ1) is 23.4. The third-order valence-corrected chi connectivity index (χ3v) is 6.28. The quantitative estimate of drug-likeness (QED) is 0.493. The lowest BCUT2D eigenvalue weighted by Gasteiger charge is -2.34. The van der Waals surface area contributed by atoms with Crippen molar-refractivity contribution in [3.05, 3.63) is 83.3 Å². The molecule has 0 atom stereocenters. The number of benzene rings is 2. The molecule has 3 aromatic rings. The van der Waals surface area contributed by atoms with Crippen molar-refractivity contribution in [1.29, 1.82) is 0 Å². The fraction of sp³-hybridized carbons (Fsp3) is 0.296. The molecule has 7 heteroatoms. The summed E-state index contributed by atoms with van der Waals surface area (Å²) < 4.78 is 19.0. The lowest BCUT2D eigenvalue weighted by atomic mass is 9.88. The van der Waals surface area contributed by atoms with Gasteiger partial charge in [-0.3, -0.25) is 9.59 Å². The normalized spacial score (nSPS) is 14.0. The number of rotatable bonds is 7. The van der Waals surface area contributed by atoms with Gasteiger partial charge in [-0.25, -0.2) is 9.37 Å². The van der Waals surface area contributed by atoms with Gasteiger partial charge in [0.1, 0.15) is 17.4 Å². The fourth-order valence-electron chi connectivity index (χ4n) is 4.51. The lowest BCUT2D eigenvalue weighted by Crippen LogP contribution is -2.36. The number of halogens is 1. The van der Waals surface area contributed by atoms with Crippen LogP contribution in [-0.4, -0.2) is 36.9 Å². The summed E-state index contributed by atoms with van der Waals surface area (Å²) in [6, 6.07) is 14.8. The van der Waals surface area contributed by atoms with E-state index in [9.17, 15) is 14.0 Å². The molecule has 0 saturated carbocycles. The van der Waals surface area contributed by atoms with Crippen LogP contribution in [0.3, 0.4) is 0 Å². The maximum atomic E-state index is 13.2. The number of ether oxygens (including phenoxy) is 1. The van der Waals surface area contributed by atoms with Crippen molar-refractivity contribution in [1.82, 2.24) is 4.98 Å². The van der Waals surface area contributed by atoms with Crippen LogP contribution in [0.1, 0.15) is 46.0 Å². The van der Waals surface area contributed by atoms with E-state index in [1.165, 1.54) is 12.1 Å². The number of nitrogens with zero attached hydrogens (tertiary/aromatic N) is 2. The molecule has 1 N–H and O–H groups in total. The second kappa shape index (κ2) is 10.5. The first-order valence-electron chi connectivity index (χ1n) is 11.5. The molecule has 2 aromatic carbocycles. The van der Waals surface area contributed by atoms with Gasteiger partial charge in [-0.1, -0.05) is 13.0 Å². The summed E-state index contributed by atoms with van der Waals surface area (Å²) in [5.74, 6) is 0.556. The molecule has 1 saturated heterocycles. The number of methoxy groups -OCH3 is 1. The summed E-state index contributed by atoms with van der Waals surface area (Å²) in [7, 11) is 1.61. The number of amides is 1. The molecule has 6 nitrogen and oxygen atoms in total. The monoisotopic (exact) mass is 461 g/mol. The molecule has 2 heterocycles. The molecule has 0 spiro atoms. The zero-order valence-electron chi connectivity index (χ0n) is 19.4. The summed E-state index contributed by atoms with van der Waals surface area (Å²) in [6.07, 6.45) is 3.65. The Labute approximate surface area is 198 Å². The van der Waals surface area contributed by atoms with E-state index in [2.05, 4.69) is 15.2 Å². The Morgan fingerprint density at radius 3 is 2.44 bits per heavy atom. The largest absolute Gasteiger partial charge is 0.494 e. The molecule has 34 heavy (non-hydrogen) atoms. The van der Waals surface area contributed by atoms with E-state index in [0.29, 0.717) is 55.0 Å². The van der Waals surface area contributed by atoms with Crippen LogP contribution in [0.2, 0.25) is 0 Å². The Morgan fingerprint density at radius 1 is 1.09 bits per heavy atom. The van der Waals surface area contributed by atoms with Crippen molar-refractivity contribution < 1.29 is 18.7 Å². The van der Waals surface area contributed by atoms with Crippen molar-refractivity contribution in [2.24, 2.45) is 5.92 Å². The first-order valence-corrected chi connectivity index (χ1v) is 11.5. The van der Waals surface area contributed by atoms with Crippen molar-refractivity contribution in [3.63, 3.8) is 0 Å². The van der Waals surface area contributed by atoms with Crippen molar-refractivity contribution in [2.75, 3.05) is 30.4 Å². The number of hydrogen-bond donors (Lipinski definition) is 1. The zero-order chi connectivity index (χ0) is 24.1. The van der Waals surface area contributed by atoms with Crippen LogP contribution < -0.4 is 15.0 Å². The molecule has 1 aliphatic rings. The van der Waals surface area contributed by atoms with Crippen LogP contribution in [0.25, 0.3) is 0 Å². The Morgan fingerprint density at radius 2 is 1.82 bits per heavy atom. The smallest absolute Gasteiger partial charge is 0.257 e. The van der Waals surface area contributed by atoms with Crippen LogP contribution in [0.5, 0.6) is 5.75 Å². The molecule has 0 radical (unpaired) electrons. The molecule has 1 fully saturated rings. The van der Waals surface area contributed by atoms with Gasteiger partial charge in [0.25, 0.3) is 5.91 Å². The highest BCUT2D eigenvalue weighted by Gasteiger charge is 2.28. The van der Waals surface area contributed by atoms with Crippen molar-refractivity contribution in [3.8, 4) is 5.75 Å². The summed E-state index contributed by atoms with van der Waals surface area (Å²) in [6.45, 7) is 3.37. The average molecular weight is 462 g/mol. The minimum atomic E-state index is -0.345. The number of carbonyl (C=O) groups is 2. The van der Waals surface area contributed by atoms with Crippen LogP contribution in [0, 0.1) is 11.7 Å². The molecule has 0 unspecified atom stereocenters. The number of ketones is 1. The number of aromatic nitrogens is 1. The number of pyridine rings is 1. The predicted octanol–water partition coefficient (Wildman–Crippen LogP) is 5.14. The second-order valence-corrected chi connectivity index (χ2v) is 8.30. The Hall–Kier alpha value is -3.74. The number of Topliss-reactive ketones (excluding diaryl/α,β-unsaturated/α-hetero) is 1. The van der Waals surface area contributed by atoms with Gasteiger partial charge >= 0.3 is 0 Å². The molecular weight excluding hydrogens is 433 g/mol. The number of piperidine rings is 1. The molecular formula is C27H28FN3O3. The third kappa shape index (κ3) is 4.93. The third-order valence-electron chi connectivity index (χ3n) is 6.28. The molecule has 176 valence electrons. The van der Waals surface area contributed by atoms with Crippen LogP contribution in [0.15, 0.2) is 60.8 Å². The van der Waals surface area contributed by atoms with E-state index in [4.69, 9.17) is 4.74 Å². The van der Waals surface area contributed by atoms with Crippen molar-refractivity contribution >= 4 is 23.2 Å². The van der Waals surface area contributed by atoms with E-state index >= 15 is 0 Å². The maximum absolute atomic E-state index is 13.2. The Balaban J connectivity index is 1.50. The van der Waals surface area contributed by atoms with E-state index in [1.54, 1.807) is 37.6 Å². The molecule has 0 bridgehead atoms. The summed E-state index contributed by atoms with van der Waals surface area (Å²) in [4.78, 5) is 32.1. The maximum Gasteiger partial charge on any atom is 0.257 e. The molecule has 0 aliphatic carbocycles. The highest BCUT2D eigenvalue weighted by molar-refractivity contribution is 6.05. The molecule has 1 aliphatic heterocycles. The predicted molar refractivity (Wildman–Crippen MR) is 130 cm³/mol. The highest BCUT2D eigenvalue weighted by atomic mass is 19.1. The van der Waals surface area contributed by atoms with E-state index in [-0.39, 0.29) is 23.4 Å². The minimum Gasteiger partial charge on any atom is -0.494 e. The van der Waals surface area contributed by atoms with E-state index < -0.39 is 0 Å². The average Bonchev–Trinajstić information content (AvgIpc) is 2.88. The van der Waals surface area contributed by atoms with Gasteiger partial charge in [-0.15, -0.1) is 0 Å². The zero-order valence-corrected chi connectivity index (χ0v) is 19.4. The van der Waals surface area contributed by atoms with Gasteiger partial charge in [0, 0.05) is 41.9 Å². The van der Waals surface area contributed by atoms with Crippen molar-refractivity contribution in [2.45, 2.75) is 26.2 Å². The SMILES string of the molecule is CCc1c(C(=O)Nc2ccccn2)ccc(N2CCC(C(=O)c3ccc(F)cc3)CC2)c1OC. The fourth-order valence-corrected chi connectivity index (χ4v) is 4.51. The Kier molecular flexibility index (Phi) is 7.21. The van der Waals surface area contributed by atoms with Gasteiger partial charge in [-0.2, -0.15) is 0 Å². The van der Waals surface area contributed by atoms with Gasteiger partial charge in [0.05, 0.1) is 12.8 Å². The number of hydrogen-bond acceptors (Lipinski definition) is 5. The molecule has 1 aromatic heterocycles. The molecule has 4 rings (SSSR count). The van der Waals surface area contributed by atoms with Gasteiger partial charge < -0.3 is 15.0 Å². The van der Waals surface area contributed by atoms with Crippen LogP contribution in [0.4, 0.5) is 15.9 Å². The Bertz CT molecular complexity index is 1160. The van der Waals surface area contributed by atoms with Gasteiger partial charge in [-0.05, 0) is 67.8 Å². The standard InChI is InChI=1S/C27H28FN3O3/c1-3-21-22(27(33)30-24-6-4-5-15-29-24)11-12-23(26(21)34-2)31-16-13-19(14-17-31)25(32)18-7-9-20(28)10-8-18/h4-12,15,19H,3,13-14,16-17H2,1-2H3,(H,29,30,33). The summed E-state index contributed by atoms with van der Waals surface area (Å²) in [5, 5.41) is 2.84. The highest BCUT2D eigenvalue weighted by Crippen LogP contribution is 2.37. The van der Waals surface area contributed by atoms with E-state index in [0.717, 1.165) is 11.3 Å². The first-order chi connectivity index (χ1) is 16.5. The second-order valence-electron chi connectivity index (χ2n) is 8.30. The summed E-state index contributed by atoms with van der Waals surface area (Å²) >= 11 is 0. The lowest BCUT2D eigenvalue weighted by molar-refractivity contribution is 0.0900. The minimum absolute atomic E-state index is 0.0578. The summed E-state index contributed by atoms with van der Waals surface area (Å²) in [5.41, 5.74) is 2.85. The number of anilines is 2. The van der Waals surface area contributed by atoms with Crippen LogP contribution >= 0.6 is 0 Å². The van der Waals surface area contributed by atoms with Gasteiger partial charge in [0.15, 0.2) is 5.78 Å². The topological polar surface area (TPSA) is 71.5 Å². The van der Waals surface area contributed by atoms with Crippen LogP contribution in [-0.2, 0) is 6.42 Å². The number of nitrogens with one attached hydrogen (secondary N) is 1. The molecule has 1 amide bonds. The van der Waals surface area contributed by atoms with E-state index in [1.807, 2.05) is 25.1 Å². The van der Waals surface area contributed by atoms with Gasteiger partial charge in [0.2, 0.25) is 0 Å². The number of carbonyl (C=O) groups excluding carboxylic acids is 2.